The van der Waals surface area contributed by atoms with Gasteiger partial charge in [-0.25, -0.2) is 0 Å². The molecule has 112 valence electrons. The molecule has 5 nitrogen and oxygen atoms in total. The molecule has 0 saturated carbocycles. The molecule has 3 rings (SSSR count). The Bertz CT molecular complexity index is 582. The molecule has 0 amide bonds. The van der Waals surface area contributed by atoms with E-state index in [0.717, 1.165) is 22.6 Å². The molecule has 0 aliphatic carbocycles. The summed E-state index contributed by atoms with van der Waals surface area (Å²) in [4.78, 5) is 0. The van der Waals surface area contributed by atoms with E-state index < -0.39 is 0 Å². The molecule has 0 saturated heterocycles. The molecule has 0 bridgehead atoms. The van der Waals surface area contributed by atoms with Gasteiger partial charge in [-0.2, -0.15) is 0 Å². The van der Waals surface area contributed by atoms with Crippen LogP contribution < -0.4 is 14.8 Å². The van der Waals surface area contributed by atoms with Crippen LogP contribution in [-0.2, 0) is 6.42 Å². The van der Waals surface area contributed by atoms with E-state index in [4.69, 9.17) is 13.9 Å². The number of ether oxygens (including phenoxy) is 2. The molecule has 1 aliphatic rings. The Balaban J connectivity index is 1.70. The minimum atomic E-state index is -0.0456. The van der Waals surface area contributed by atoms with Crippen LogP contribution in [0.1, 0.15) is 24.1 Å². The molecule has 2 unspecified atom stereocenters. The fourth-order valence-corrected chi connectivity index (χ4v) is 2.61. The Kier molecular flexibility index (Phi) is 4.13. The highest BCUT2D eigenvalue weighted by Gasteiger charge is 2.22. The summed E-state index contributed by atoms with van der Waals surface area (Å²) in [7, 11) is 0. The Morgan fingerprint density at radius 2 is 2.19 bits per heavy atom. The minimum absolute atomic E-state index is 0.0456. The van der Waals surface area contributed by atoms with E-state index in [9.17, 15) is 5.11 Å². The van der Waals surface area contributed by atoms with Gasteiger partial charge in [0.05, 0.1) is 19.1 Å². The Hall–Kier alpha value is -1.98. The van der Waals surface area contributed by atoms with Crippen LogP contribution in [0.2, 0.25) is 0 Å². The number of para-hydroxylation sites is 1. The summed E-state index contributed by atoms with van der Waals surface area (Å²) in [5.41, 5.74) is 2.10. The van der Waals surface area contributed by atoms with Gasteiger partial charge in [-0.05, 0) is 31.0 Å². The summed E-state index contributed by atoms with van der Waals surface area (Å²) in [6.07, 6.45) is 4.05. The molecule has 2 N–H and O–H groups in total. The van der Waals surface area contributed by atoms with E-state index >= 15 is 0 Å². The predicted molar refractivity (Wildman–Crippen MR) is 77.4 cm³/mol. The molecular weight excluding hydrogens is 270 g/mol. The standard InChI is InChI=1S/C16H19NO4/c1-11(14-3-2-4-15-16(14)21-10-20-15)17-13(8-18)7-12-5-6-19-9-12/h2-6,9,11,13,17-18H,7-8,10H2,1H3. The van der Waals surface area contributed by atoms with Gasteiger partial charge in [-0.1, -0.05) is 12.1 Å². The maximum absolute atomic E-state index is 9.57. The number of aliphatic hydroxyl groups excluding tert-OH is 1. The van der Waals surface area contributed by atoms with Crippen molar-refractivity contribution in [2.75, 3.05) is 13.4 Å². The first-order valence-corrected chi connectivity index (χ1v) is 7.04. The first kappa shape index (κ1) is 14.0. The van der Waals surface area contributed by atoms with Gasteiger partial charge in [0.15, 0.2) is 11.5 Å². The maximum atomic E-state index is 9.57. The second-order valence-electron chi connectivity index (χ2n) is 5.18. The van der Waals surface area contributed by atoms with E-state index in [1.54, 1.807) is 12.5 Å². The smallest absolute Gasteiger partial charge is 0.231 e. The molecule has 1 aromatic heterocycles. The first-order chi connectivity index (χ1) is 10.3. The third kappa shape index (κ3) is 3.04. The molecule has 21 heavy (non-hydrogen) atoms. The maximum Gasteiger partial charge on any atom is 0.231 e. The number of hydrogen-bond acceptors (Lipinski definition) is 5. The summed E-state index contributed by atoms with van der Waals surface area (Å²) < 4.78 is 16.0. The predicted octanol–water partition coefficient (Wildman–Crippen LogP) is 2.26. The molecule has 1 aromatic carbocycles. The topological polar surface area (TPSA) is 63.9 Å². The Labute approximate surface area is 123 Å². The van der Waals surface area contributed by atoms with Crippen molar-refractivity contribution < 1.29 is 19.0 Å². The molecule has 2 heterocycles. The summed E-state index contributed by atoms with van der Waals surface area (Å²) >= 11 is 0. The van der Waals surface area contributed by atoms with Gasteiger partial charge in [-0.15, -0.1) is 0 Å². The SMILES string of the molecule is CC(NC(CO)Cc1ccoc1)c1cccc2c1OCO2. The van der Waals surface area contributed by atoms with Crippen LogP contribution in [0.3, 0.4) is 0 Å². The van der Waals surface area contributed by atoms with Crippen molar-refractivity contribution in [2.45, 2.75) is 25.4 Å². The van der Waals surface area contributed by atoms with Crippen LogP contribution >= 0.6 is 0 Å². The number of benzene rings is 1. The van der Waals surface area contributed by atoms with Crippen LogP contribution in [0.25, 0.3) is 0 Å². The highest BCUT2D eigenvalue weighted by molar-refractivity contribution is 5.49. The third-order valence-corrected chi connectivity index (χ3v) is 3.66. The highest BCUT2D eigenvalue weighted by atomic mass is 16.7. The van der Waals surface area contributed by atoms with Crippen molar-refractivity contribution in [2.24, 2.45) is 0 Å². The van der Waals surface area contributed by atoms with E-state index in [0.29, 0.717) is 6.42 Å². The second kappa shape index (κ2) is 6.20. The van der Waals surface area contributed by atoms with Crippen molar-refractivity contribution >= 4 is 0 Å². The Morgan fingerprint density at radius 1 is 1.29 bits per heavy atom. The summed E-state index contributed by atoms with van der Waals surface area (Å²) in [6.45, 7) is 2.37. The van der Waals surface area contributed by atoms with Crippen LogP contribution in [-0.4, -0.2) is 24.5 Å². The average Bonchev–Trinajstić information content (AvgIpc) is 3.16. The van der Waals surface area contributed by atoms with Crippen molar-refractivity contribution in [1.29, 1.82) is 0 Å². The zero-order valence-electron chi connectivity index (χ0n) is 11.9. The van der Waals surface area contributed by atoms with Gasteiger partial charge in [0.1, 0.15) is 0 Å². The minimum Gasteiger partial charge on any atom is -0.472 e. The average molecular weight is 289 g/mol. The molecule has 0 radical (unpaired) electrons. The van der Waals surface area contributed by atoms with Gasteiger partial charge in [0, 0.05) is 17.6 Å². The molecule has 2 aromatic rings. The molecule has 0 fully saturated rings. The van der Waals surface area contributed by atoms with Gasteiger partial charge >= 0.3 is 0 Å². The lowest BCUT2D eigenvalue weighted by Crippen LogP contribution is -2.36. The van der Waals surface area contributed by atoms with Crippen LogP contribution in [0.5, 0.6) is 11.5 Å². The molecule has 0 spiro atoms. The van der Waals surface area contributed by atoms with E-state index in [2.05, 4.69) is 12.2 Å². The fraction of sp³-hybridized carbons (Fsp3) is 0.375. The second-order valence-corrected chi connectivity index (χ2v) is 5.18. The summed E-state index contributed by atoms with van der Waals surface area (Å²) in [5, 5.41) is 13.0. The van der Waals surface area contributed by atoms with Crippen LogP contribution in [0.4, 0.5) is 0 Å². The molecular formula is C16H19NO4. The normalized spacial score (nSPS) is 15.9. The van der Waals surface area contributed by atoms with Crippen LogP contribution in [0.15, 0.2) is 41.2 Å². The fourth-order valence-electron chi connectivity index (χ4n) is 2.61. The van der Waals surface area contributed by atoms with Gasteiger partial charge in [0.2, 0.25) is 6.79 Å². The number of hydrogen-bond donors (Lipinski definition) is 2. The van der Waals surface area contributed by atoms with Crippen LogP contribution in [0, 0.1) is 0 Å². The first-order valence-electron chi connectivity index (χ1n) is 7.04. The zero-order chi connectivity index (χ0) is 14.7. The third-order valence-electron chi connectivity index (χ3n) is 3.66. The van der Waals surface area contributed by atoms with Gasteiger partial charge in [-0.3, -0.25) is 0 Å². The van der Waals surface area contributed by atoms with Crippen molar-refractivity contribution in [3.63, 3.8) is 0 Å². The lowest BCUT2D eigenvalue weighted by molar-refractivity contribution is 0.172. The number of fused-ring (bicyclic) bond motifs is 1. The van der Waals surface area contributed by atoms with E-state index in [1.165, 1.54) is 0 Å². The molecule has 5 heteroatoms. The van der Waals surface area contributed by atoms with Crippen molar-refractivity contribution in [3.8, 4) is 11.5 Å². The van der Waals surface area contributed by atoms with E-state index in [1.807, 2.05) is 24.3 Å². The lowest BCUT2D eigenvalue weighted by Gasteiger charge is -2.22. The molecule has 2 atom stereocenters. The van der Waals surface area contributed by atoms with Gasteiger partial charge in [0.25, 0.3) is 0 Å². The largest absolute Gasteiger partial charge is 0.472 e. The highest BCUT2D eigenvalue weighted by Crippen LogP contribution is 2.38. The molecule has 1 aliphatic heterocycles. The van der Waals surface area contributed by atoms with E-state index in [-0.39, 0.29) is 25.5 Å². The number of rotatable bonds is 6. The van der Waals surface area contributed by atoms with Crippen molar-refractivity contribution in [3.05, 3.63) is 47.9 Å². The quantitative estimate of drug-likeness (QED) is 0.854. The number of aliphatic hydroxyl groups is 1. The summed E-state index contributed by atoms with van der Waals surface area (Å²) in [5.74, 6) is 1.56. The van der Waals surface area contributed by atoms with Gasteiger partial charge < -0.3 is 24.3 Å². The monoisotopic (exact) mass is 289 g/mol. The summed E-state index contributed by atoms with van der Waals surface area (Å²) in [6, 6.07) is 7.77. The number of furan rings is 1. The zero-order valence-corrected chi connectivity index (χ0v) is 11.9. The lowest BCUT2D eigenvalue weighted by atomic mass is 10.0. The van der Waals surface area contributed by atoms with Crippen molar-refractivity contribution in [1.82, 2.24) is 5.32 Å². The number of nitrogens with one attached hydrogen (secondary N) is 1. The Morgan fingerprint density at radius 3 is 2.95 bits per heavy atom.